The summed E-state index contributed by atoms with van der Waals surface area (Å²) >= 11 is 0. The minimum Gasteiger partial charge on any atom is -0.491 e. The lowest BCUT2D eigenvalue weighted by atomic mass is 9.98. The highest BCUT2D eigenvalue weighted by Crippen LogP contribution is 2.36. The van der Waals surface area contributed by atoms with Gasteiger partial charge in [-0.2, -0.15) is 0 Å². The maximum atomic E-state index is 12.6. The molecule has 1 saturated carbocycles. The summed E-state index contributed by atoms with van der Waals surface area (Å²) in [6.45, 7) is 1.88. The lowest BCUT2D eigenvalue weighted by Gasteiger charge is -2.32. The van der Waals surface area contributed by atoms with Crippen LogP contribution in [0.2, 0.25) is 0 Å². The number of allylic oxidation sites excluding steroid dienone is 2. The predicted molar refractivity (Wildman–Crippen MR) is 207 cm³/mol. The molecule has 0 bridgehead atoms. The van der Waals surface area contributed by atoms with E-state index < -0.39 is 6.10 Å². The van der Waals surface area contributed by atoms with Crippen LogP contribution in [0.25, 0.3) is 0 Å². The summed E-state index contributed by atoms with van der Waals surface area (Å²) in [5.74, 6) is 0.329. The number of hydrogen-bond donors (Lipinski definition) is 2. The van der Waals surface area contributed by atoms with Gasteiger partial charge in [0.1, 0.15) is 24.2 Å². The number of carbonyl (C=O) groups is 2. The van der Waals surface area contributed by atoms with Crippen LogP contribution in [-0.2, 0) is 28.5 Å². The van der Waals surface area contributed by atoms with E-state index in [0.717, 1.165) is 44.3 Å². The molecule has 3 aliphatic rings. The zero-order valence-corrected chi connectivity index (χ0v) is 31.5. The molecule has 2 N–H and O–H groups in total. The number of anilines is 1. The third-order valence-electron chi connectivity index (χ3n) is 10.0. The number of esters is 1. The van der Waals surface area contributed by atoms with Gasteiger partial charge in [0, 0.05) is 49.3 Å². The van der Waals surface area contributed by atoms with Gasteiger partial charge in [-0.3, -0.25) is 9.59 Å². The molecule has 0 aromatic heterocycles. The molecule has 3 fully saturated rings. The average Bonchev–Trinajstić information content (AvgIpc) is 3.51. The number of benzene rings is 3. The molecule has 2 heterocycles. The van der Waals surface area contributed by atoms with Crippen molar-refractivity contribution in [2.24, 2.45) is 5.92 Å². The van der Waals surface area contributed by atoms with E-state index in [1.54, 1.807) is 48.5 Å². The third kappa shape index (κ3) is 13.3. The van der Waals surface area contributed by atoms with E-state index in [-0.39, 0.29) is 61.7 Å². The molecule has 296 valence electrons. The Kier molecular flexibility index (Phi) is 16.1. The summed E-state index contributed by atoms with van der Waals surface area (Å²) in [6, 6.07) is 25.4. The number of rotatable bonds is 19. The van der Waals surface area contributed by atoms with Crippen LogP contribution in [0.4, 0.5) is 5.69 Å². The minimum atomic E-state index is -0.618. The van der Waals surface area contributed by atoms with Crippen molar-refractivity contribution in [1.82, 2.24) is 0 Å². The maximum absolute atomic E-state index is 12.6. The quantitative estimate of drug-likeness (QED) is 0.0545. The van der Waals surface area contributed by atoms with Crippen LogP contribution >= 0.6 is 0 Å². The van der Waals surface area contributed by atoms with Gasteiger partial charge in [-0.05, 0) is 94.2 Å². The van der Waals surface area contributed by atoms with E-state index in [1.165, 1.54) is 0 Å². The highest BCUT2D eigenvalue weighted by Gasteiger charge is 2.45. The molecule has 2 saturated heterocycles. The minimum absolute atomic E-state index is 0.203. The van der Waals surface area contributed by atoms with Crippen molar-refractivity contribution in [2.45, 2.75) is 108 Å². The molecule has 1 amide bonds. The molecule has 0 radical (unpaired) electrons. The first-order valence-corrected chi connectivity index (χ1v) is 19.8. The fourth-order valence-electron chi connectivity index (χ4n) is 7.14. The Hall–Kier alpha value is -4.10. The van der Waals surface area contributed by atoms with E-state index in [9.17, 15) is 14.7 Å². The molecule has 3 unspecified atom stereocenters. The molecule has 11 heteroatoms. The summed E-state index contributed by atoms with van der Waals surface area (Å²) in [5.41, 5.74) is 1.08. The standard InChI is InChI=1S/C44H55NO10/c46-38-29-39(55-42-25-12-14-27-50-42)43(52-31-36(54-41-24-11-13-26-49-41)30-51-34-19-7-4-8-20-34)37(38)22-9-1-2-10-23-40(47)53-35-21-15-18-33(28-35)45-44(48)32-16-5-3-6-17-32/h1,3-9,15-21,28,36-39,41-43,46H,2,10-14,22-27,29-31H2,(H,45,48)/b9-1-/t36?,37-,38+,39-,41?,42?,43-/m0/s1. The molecule has 55 heavy (non-hydrogen) atoms. The number of nitrogens with one attached hydrogen (secondary N) is 1. The Morgan fingerprint density at radius 2 is 1.56 bits per heavy atom. The molecule has 1 aliphatic carbocycles. The van der Waals surface area contributed by atoms with Gasteiger partial charge in [0.05, 0.1) is 24.9 Å². The topological polar surface area (TPSA) is 131 Å². The van der Waals surface area contributed by atoms with Crippen molar-refractivity contribution in [3.8, 4) is 11.5 Å². The molecule has 7 atom stereocenters. The Morgan fingerprint density at radius 1 is 0.836 bits per heavy atom. The van der Waals surface area contributed by atoms with E-state index >= 15 is 0 Å². The van der Waals surface area contributed by atoms with Gasteiger partial charge in [-0.1, -0.05) is 54.6 Å². The summed E-state index contributed by atoms with van der Waals surface area (Å²) in [4.78, 5) is 25.2. The lowest BCUT2D eigenvalue weighted by Crippen LogP contribution is -2.40. The molecule has 3 aromatic carbocycles. The number of aliphatic hydroxyl groups is 1. The molecule has 0 spiro atoms. The lowest BCUT2D eigenvalue weighted by molar-refractivity contribution is -0.226. The largest absolute Gasteiger partial charge is 0.491 e. The number of ether oxygens (including phenoxy) is 7. The number of hydrogen-bond acceptors (Lipinski definition) is 10. The molecule has 11 nitrogen and oxygen atoms in total. The van der Waals surface area contributed by atoms with E-state index in [2.05, 4.69) is 11.4 Å². The molecule has 6 rings (SSSR count). The van der Waals surface area contributed by atoms with Gasteiger partial charge in [0.25, 0.3) is 5.91 Å². The zero-order valence-electron chi connectivity index (χ0n) is 31.5. The molecular weight excluding hydrogens is 702 g/mol. The number of aliphatic hydroxyl groups excluding tert-OH is 1. The average molecular weight is 758 g/mol. The van der Waals surface area contributed by atoms with Crippen LogP contribution in [0, 0.1) is 5.92 Å². The second-order valence-electron chi connectivity index (χ2n) is 14.3. The van der Waals surface area contributed by atoms with Crippen LogP contribution in [0.15, 0.2) is 97.1 Å². The molecule has 3 aromatic rings. The van der Waals surface area contributed by atoms with Gasteiger partial charge >= 0.3 is 5.97 Å². The summed E-state index contributed by atoms with van der Waals surface area (Å²) in [6.07, 6.45) is 10.0. The Morgan fingerprint density at radius 3 is 2.31 bits per heavy atom. The second-order valence-corrected chi connectivity index (χ2v) is 14.3. The van der Waals surface area contributed by atoms with Gasteiger partial charge in [-0.25, -0.2) is 0 Å². The first-order valence-electron chi connectivity index (χ1n) is 19.8. The third-order valence-corrected chi connectivity index (χ3v) is 10.0. The Bertz CT molecular complexity index is 1610. The monoisotopic (exact) mass is 757 g/mol. The van der Waals surface area contributed by atoms with Crippen molar-refractivity contribution >= 4 is 17.6 Å². The Balaban J connectivity index is 0.997. The summed E-state index contributed by atoms with van der Waals surface area (Å²) < 4.78 is 42.9. The molecular formula is C44H55NO10. The van der Waals surface area contributed by atoms with Gasteiger partial charge in [-0.15, -0.1) is 0 Å². The zero-order chi connectivity index (χ0) is 38.1. The normalized spacial score (nSPS) is 24.7. The van der Waals surface area contributed by atoms with Crippen LogP contribution in [0.3, 0.4) is 0 Å². The fraction of sp³-hybridized carbons (Fsp3) is 0.500. The SMILES string of the molecule is O=C(CCC/C=C\C[C@@H]1[C@H](OCC(COc2ccccc2)OC2CCCCO2)[C@@H](OC2CCCCO2)C[C@H]1O)Oc1cccc(NC(=O)c2ccccc2)c1. The highest BCUT2D eigenvalue weighted by atomic mass is 16.7. The van der Waals surface area contributed by atoms with Crippen molar-refractivity contribution in [3.05, 3.63) is 103 Å². The predicted octanol–water partition coefficient (Wildman–Crippen LogP) is 7.63. The van der Waals surface area contributed by atoms with Crippen LogP contribution in [0.1, 0.15) is 81.0 Å². The van der Waals surface area contributed by atoms with E-state index in [0.29, 0.717) is 62.5 Å². The van der Waals surface area contributed by atoms with Gasteiger partial charge in [0.2, 0.25) is 0 Å². The Labute approximate surface area is 324 Å². The van der Waals surface area contributed by atoms with Crippen molar-refractivity contribution in [1.29, 1.82) is 0 Å². The van der Waals surface area contributed by atoms with E-state index in [1.807, 2.05) is 42.5 Å². The number of carbonyl (C=O) groups excluding carboxylic acids is 2. The fourth-order valence-corrected chi connectivity index (χ4v) is 7.14. The van der Waals surface area contributed by atoms with Crippen LogP contribution in [0.5, 0.6) is 11.5 Å². The molecule has 2 aliphatic heterocycles. The first kappa shape index (κ1) is 40.6. The van der Waals surface area contributed by atoms with Crippen molar-refractivity contribution < 1.29 is 47.9 Å². The summed E-state index contributed by atoms with van der Waals surface area (Å²) in [5, 5.41) is 14.1. The van der Waals surface area contributed by atoms with Gasteiger partial charge < -0.3 is 43.6 Å². The van der Waals surface area contributed by atoms with Crippen molar-refractivity contribution in [3.63, 3.8) is 0 Å². The second kappa shape index (κ2) is 21.8. The summed E-state index contributed by atoms with van der Waals surface area (Å²) in [7, 11) is 0. The maximum Gasteiger partial charge on any atom is 0.311 e. The first-order chi connectivity index (χ1) is 27.0. The smallest absolute Gasteiger partial charge is 0.311 e. The number of amides is 1. The van der Waals surface area contributed by atoms with E-state index in [4.69, 9.17) is 33.2 Å². The van der Waals surface area contributed by atoms with Crippen LogP contribution in [-0.4, -0.2) is 80.4 Å². The van der Waals surface area contributed by atoms with Crippen molar-refractivity contribution in [2.75, 3.05) is 31.7 Å². The number of unbranched alkanes of at least 4 members (excludes halogenated alkanes) is 1. The number of para-hydroxylation sites is 1. The van der Waals surface area contributed by atoms with Gasteiger partial charge in [0.15, 0.2) is 12.6 Å². The van der Waals surface area contributed by atoms with Crippen LogP contribution < -0.4 is 14.8 Å². The highest BCUT2D eigenvalue weighted by molar-refractivity contribution is 6.04.